The first-order chi connectivity index (χ1) is 29.4. The van der Waals surface area contributed by atoms with Crippen LogP contribution in [-0.4, -0.2) is 9.55 Å². The molecule has 10 aromatic rings. The van der Waals surface area contributed by atoms with Gasteiger partial charge in [0.15, 0.2) is 0 Å². The molecular formula is C54H39N4O2Pt-3. The van der Waals surface area contributed by atoms with E-state index < -0.39 is 0 Å². The molecule has 1 aliphatic heterocycles. The largest absolute Gasteiger partial charge is 0.509 e. The number of ether oxygens (including phenoxy) is 1. The van der Waals surface area contributed by atoms with Crippen molar-refractivity contribution < 1.29 is 30.2 Å². The number of furan rings is 1. The summed E-state index contributed by atoms with van der Waals surface area (Å²) in [5, 5.41) is 1.95. The van der Waals surface area contributed by atoms with E-state index in [1.165, 1.54) is 5.56 Å². The summed E-state index contributed by atoms with van der Waals surface area (Å²) in [6, 6.07) is 65.9. The predicted octanol–water partition coefficient (Wildman–Crippen LogP) is 14.4. The summed E-state index contributed by atoms with van der Waals surface area (Å²) in [6.07, 6.45) is 1.88. The number of hydrogen-bond donors (Lipinski definition) is 0. The molecule has 0 fully saturated rings. The number of benzene rings is 7. The van der Waals surface area contributed by atoms with E-state index in [4.69, 9.17) is 14.1 Å². The number of fused-ring (bicyclic) bond motifs is 6. The van der Waals surface area contributed by atoms with Crippen molar-refractivity contribution >= 4 is 55.7 Å². The van der Waals surface area contributed by atoms with Gasteiger partial charge in [0.1, 0.15) is 17.0 Å². The van der Waals surface area contributed by atoms with Crippen molar-refractivity contribution in [3.63, 3.8) is 0 Å². The van der Waals surface area contributed by atoms with E-state index in [2.05, 4.69) is 187 Å². The molecule has 1 aliphatic rings. The van der Waals surface area contributed by atoms with Gasteiger partial charge in [0, 0.05) is 61.2 Å². The summed E-state index contributed by atoms with van der Waals surface area (Å²) in [4.78, 5) is 9.31. The second kappa shape index (κ2) is 15.3. The molecule has 0 amide bonds. The Kier molecular flexibility index (Phi) is 9.61. The van der Waals surface area contributed by atoms with Crippen LogP contribution in [0.25, 0.3) is 61.0 Å². The molecule has 0 atom stereocenters. The van der Waals surface area contributed by atoms with Gasteiger partial charge in [0.25, 0.3) is 0 Å². The molecule has 0 saturated heterocycles. The van der Waals surface area contributed by atoms with Gasteiger partial charge in [0.2, 0.25) is 0 Å². The molecule has 0 N–H and O–H groups in total. The van der Waals surface area contributed by atoms with Gasteiger partial charge < -0.3 is 23.5 Å². The van der Waals surface area contributed by atoms with E-state index in [-0.39, 0.29) is 26.5 Å². The fraction of sp³-hybridized carbons (Fsp3) is 0.0741. The van der Waals surface area contributed by atoms with Crippen LogP contribution in [0.4, 0.5) is 22.7 Å². The first-order valence-corrected chi connectivity index (χ1v) is 20.2. The Balaban J connectivity index is 0.00000445. The summed E-state index contributed by atoms with van der Waals surface area (Å²) in [7, 11) is 0. The number of pyridine rings is 1. The molecule has 0 spiro atoms. The Morgan fingerprint density at radius 2 is 1.25 bits per heavy atom. The number of para-hydroxylation sites is 3. The summed E-state index contributed by atoms with van der Waals surface area (Å²) >= 11 is 0. The van der Waals surface area contributed by atoms with Gasteiger partial charge in [-0.1, -0.05) is 117 Å². The fourth-order valence-corrected chi connectivity index (χ4v) is 8.28. The number of nitrogens with zero attached hydrogens (tertiary/aromatic N) is 4. The fourth-order valence-electron chi connectivity index (χ4n) is 8.28. The number of aromatic nitrogens is 2. The van der Waals surface area contributed by atoms with Crippen LogP contribution in [0.2, 0.25) is 0 Å². The molecule has 7 heteroatoms. The SMILES string of the molecule is CC(C)(C)c1ccnc(-n2c3[c-]c(Oc4[c-]c(N5[CH-]N(c6cc(-c7ccccc7)cc(-c7ccccc7)c6)c6ccccc65)ccc4)ccc3c3oc4ccccc4c32)c1.[Pt]. The minimum Gasteiger partial charge on any atom is -0.509 e. The zero-order valence-electron chi connectivity index (χ0n) is 33.7. The van der Waals surface area contributed by atoms with Crippen LogP contribution >= 0.6 is 0 Å². The van der Waals surface area contributed by atoms with E-state index in [1.807, 2.05) is 42.6 Å². The summed E-state index contributed by atoms with van der Waals surface area (Å²) in [5.74, 6) is 1.94. The van der Waals surface area contributed by atoms with E-state index in [1.54, 1.807) is 0 Å². The second-order valence-electron chi connectivity index (χ2n) is 16.2. The Hall–Kier alpha value is -6.88. The maximum atomic E-state index is 6.61. The molecule has 0 radical (unpaired) electrons. The van der Waals surface area contributed by atoms with Crippen LogP contribution < -0.4 is 14.5 Å². The van der Waals surface area contributed by atoms with E-state index in [9.17, 15) is 0 Å². The summed E-state index contributed by atoms with van der Waals surface area (Å²) in [6.45, 7) is 8.79. The third-order valence-electron chi connectivity index (χ3n) is 11.3. The van der Waals surface area contributed by atoms with Crippen molar-refractivity contribution in [2.75, 3.05) is 9.80 Å². The zero-order chi connectivity index (χ0) is 40.4. The van der Waals surface area contributed by atoms with Crippen molar-refractivity contribution in [3.8, 4) is 39.6 Å². The Bertz CT molecular complexity index is 3160. The molecule has 0 bridgehead atoms. The van der Waals surface area contributed by atoms with Gasteiger partial charge in [-0.05, 0) is 87.8 Å². The normalized spacial score (nSPS) is 12.6. The van der Waals surface area contributed by atoms with Crippen molar-refractivity contribution in [1.29, 1.82) is 0 Å². The van der Waals surface area contributed by atoms with Crippen molar-refractivity contribution in [1.82, 2.24) is 9.55 Å². The monoisotopic (exact) mass is 970 g/mol. The molecule has 3 aromatic heterocycles. The molecule has 61 heavy (non-hydrogen) atoms. The smallest absolute Gasteiger partial charge is 0.136 e. The Morgan fingerprint density at radius 1 is 0.590 bits per heavy atom. The Labute approximate surface area is 369 Å². The maximum absolute atomic E-state index is 6.61. The van der Waals surface area contributed by atoms with Crippen molar-refractivity contribution in [2.24, 2.45) is 0 Å². The number of rotatable bonds is 7. The van der Waals surface area contributed by atoms with Crippen molar-refractivity contribution in [3.05, 3.63) is 200 Å². The standard InChI is InChI=1S/C54H39N4O2.Pt/c1-54(2,3)40-27-28-55-51(32-40)58-49-34-44(25-26-45(49)53-52(58)46-21-10-13-24-50(46)60-53)59-43-20-14-19-41(33-43)56-35-57(48-23-12-11-22-47(48)56)42-30-38(36-15-6-4-7-16-36)29-39(31-42)37-17-8-5-9-18-37;/h4-32,35H,1-3H3;/q-3;. The molecule has 4 heterocycles. The molecule has 7 aromatic carbocycles. The van der Waals surface area contributed by atoms with Gasteiger partial charge in [0.05, 0.1) is 5.52 Å². The van der Waals surface area contributed by atoms with Crippen LogP contribution in [0.5, 0.6) is 11.5 Å². The number of anilines is 4. The molecular weight excluding hydrogens is 932 g/mol. The van der Waals surface area contributed by atoms with Gasteiger partial charge in [-0.3, -0.25) is 0 Å². The van der Waals surface area contributed by atoms with Gasteiger partial charge >= 0.3 is 0 Å². The maximum Gasteiger partial charge on any atom is 0.136 e. The summed E-state index contributed by atoms with van der Waals surface area (Å²) < 4.78 is 15.3. The third kappa shape index (κ3) is 6.87. The van der Waals surface area contributed by atoms with Gasteiger partial charge in [-0.25, -0.2) is 4.98 Å². The molecule has 0 aliphatic carbocycles. The summed E-state index contributed by atoms with van der Waals surface area (Å²) in [5.41, 5.74) is 13.2. The molecule has 0 unspecified atom stereocenters. The van der Waals surface area contributed by atoms with Crippen LogP contribution in [0, 0.1) is 18.8 Å². The molecule has 6 nitrogen and oxygen atoms in total. The topological polar surface area (TPSA) is 46.7 Å². The predicted molar refractivity (Wildman–Crippen MR) is 244 cm³/mol. The van der Waals surface area contributed by atoms with Crippen LogP contribution in [-0.2, 0) is 26.5 Å². The van der Waals surface area contributed by atoms with E-state index in [0.29, 0.717) is 11.5 Å². The first kappa shape index (κ1) is 38.3. The minimum absolute atomic E-state index is 0. The quantitative estimate of drug-likeness (QED) is 0.149. The Morgan fingerprint density at radius 3 is 1.97 bits per heavy atom. The molecule has 11 rings (SSSR count). The minimum atomic E-state index is -0.0569. The number of hydrogen-bond acceptors (Lipinski definition) is 5. The van der Waals surface area contributed by atoms with Gasteiger partial charge in [-0.15, -0.1) is 42.7 Å². The average molecular weight is 971 g/mol. The second-order valence-corrected chi connectivity index (χ2v) is 16.2. The van der Waals surface area contributed by atoms with Crippen LogP contribution in [0.1, 0.15) is 26.3 Å². The molecule has 0 saturated carbocycles. The first-order valence-electron chi connectivity index (χ1n) is 20.2. The van der Waals surface area contributed by atoms with Crippen molar-refractivity contribution in [2.45, 2.75) is 26.2 Å². The van der Waals surface area contributed by atoms with E-state index >= 15 is 0 Å². The molecule has 300 valence electrons. The van der Waals surface area contributed by atoms with Gasteiger partial charge in [-0.2, -0.15) is 12.1 Å². The third-order valence-corrected chi connectivity index (χ3v) is 11.3. The average Bonchev–Trinajstić information content (AvgIpc) is 3.96. The van der Waals surface area contributed by atoms with E-state index in [0.717, 1.165) is 83.8 Å². The van der Waals surface area contributed by atoms with Crippen LogP contribution in [0.15, 0.2) is 180 Å². The van der Waals surface area contributed by atoms with Crippen LogP contribution in [0.3, 0.4) is 0 Å². The zero-order valence-corrected chi connectivity index (χ0v) is 36.0.